The van der Waals surface area contributed by atoms with Gasteiger partial charge in [-0.1, -0.05) is 121 Å². The third-order valence-corrected chi connectivity index (χ3v) is 7.33. The SMILES string of the molecule is COc1ccc(C(=NCc2ccccc2)c2ccccc2)c(O)c1.COc1ccc(C(=O)c2ccccc2)c(O)c1.NCc1ccccc1. The summed E-state index contributed by atoms with van der Waals surface area (Å²) in [5.74, 6) is 1.02. The highest BCUT2D eigenvalue weighted by Crippen LogP contribution is 2.27. The third kappa shape index (κ3) is 10.7. The number of hydrogen-bond acceptors (Lipinski definition) is 7. The fraction of sp³-hybridized carbons (Fsp3) is 0.0952. The van der Waals surface area contributed by atoms with Gasteiger partial charge in [0, 0.05) is 35.4 Å². The van der Waals surface area contributed by atoms with Crippen molar-refractivity contribution in [3.8, 4) is 23.0 Å². The molecule has 0 spiro atoms. The number of ether oxygens (including phenoxy) is 2. The average Bonchev–Trinajstić information content (AvgIpc) is 3.17. The van der Waals surface area contributed by atoms with Crippen LogP contribution in [0.3, 0.4) is 0 Å². The number of benzene rings is 6. The normalized spacial score (nSPS) is 10.5. The molecule has 0 saturated heterocycles. The Hall–Kier alpha value is -6.18. The second-order valence-electron chi connectivity index (χ2n) is 10.7. The Morgan fingerprint density at radius 2 is 1.00 bits per heavy atom. The number of aromatic hydroxyl groups is 2. The topological polar surface area (TPSA) is 114 Å². The van der Waals surface area contributed by atoms with Gasteiger partial charge in [-0.3, -0.25) is 9.79 Å². The second-order valence-corrected chi connectivity index (χ2v) is 10.7. The highest BCUT2D eigenvalue weighted by molar-refractivity contribution is 6.14. The highest BCUT2D eigenvalue weighted by atomic mass is 16.5. The lowest BCUT2D eigenvalue weighted by molar-refractivity contribution is 0.103. The minimum Gasteiger partial charge on any atom is -0.507 e. The fourth-order valence-corrected chi connectivity index (χ4v) is 4.71. The maximum Gasteiger partial charge on any atom is 0.196 e. The summed E-state index contributed by atoms with van der Waals surface area (Å²) >= 11 is 0. The maximum absolute atomic E-state index is 12.1. The molecular weight excluding hydrogens is 612 g/mol. The molecule has 0 radical (unpaired) electrons. The molecule has 0 aromatic heterocycles. The quantitative estimate of drug-likeness (QED) is 0.107. The zero-order chi connectivity index (χ0) is 34.8. The molecule has 6 rings (SSSR count). The van der Waals surface area contributed by atoms with Crippen molar-refractivity contribution in [1.29, 1.82) is 0 Å². The summed E-state index contributed by atoms with van der Waals surface area (Å²) in [6.07, 6.45) is 0. The largest absolute Gasteiger partial charge is 0.507 e. The van der Waals surface area contributed by atoms with Crippen molar-refractivity contribution in [2.75, 3.05) is 14.2 Å². The van der Waals surface area contributed by atoms with Crippen molar-refractivity contribution in [2.45, 2.75) is 13.1 Å². The molecule has 0 unspecified atom stereocenters. The Balaban J connectivity index is 0.000000187. The molecule has 7 nitrogen and oxygen atoms in total. The lowest BCUT2D eigenvalue weighted by Gasteiger charge is -2.11. The van der Waals surface area contributed by atoms with Crippen molar-refractivity contribution in [2.24, 2.45) is 10.7 Å². The van der Waals surface area contributed by atoms with E-state index in [2.05, 4.69) is 0 Å². The molecule has 0 heterocycles. The molecule has 0 aliphatic heterocycles. The zero-order valence-corrected chi connectivity index (χ0v) is 27.6. The summed E-state index contributed by atoms with van der Waals surface area (Å²) in [4.78, 5) is 16.8. The van der Waals surface area contributed by atoms with Crippen LogP contribution in [0.4, 0.5) is 0 Å². The summed E-state index contributed by atoms with van der Waals surface area (Å²) in [6.45, 7) is 1.19. The number of carbonyl (C=O) groups is 1. The predicted octanol–water partition coefficient (Wildman–Crippen LogP) is 8.22. The van der Waals surface area contributed by atoms with Crippen LogP contribution in [0.2, 0.25) is 0 Å². The summed E-state index contributed by atoms with van der Waals surface area (Å²) in [6, 6.07) is 48.7. The van der Waals surface area contributed by atoms with Gasteiger partial charge >= 0.3 is 0 Å². The van der Waals surface area contributed by atoms with Crippen LogP contribution < -0.4 is 15.2 Å². The van der Waals surface area contributed by atoms with E-state index in [9.17, 15) is 15.0 Å². The molecule has 0 fully saturated rings. The van der Waals surface area contributed by atoms with Gasteiger partial charge in [-0.15, -0.1) is 0 Å². The Kier molecular flexibility index (Phi) is 13.7. The van der Waals surface area contributed by atoms with E-state index in [0.29, 0.717) is 35.7 Å². The van der Waals surface area contributed by atoms with Gasteiger partial charge in [-0.25, -0.2) is 0 Å². The van der Waals surface area contributed by atoms with Crippen LogP contribution in [0.15, 0.2) is 163 Å². The Bertz CT molecular complexity index is 1910. The van der Waals surface area contributed by atoms with Crippen LogP contribution in [0, 0.1) is 0 Å². The molecule has 49 heavy (non-hydrogen) atoms. The maximum atomic E-state index is 12.1. The lowest BCUT2D eigenvalue weighted by atomic mass is 10.0. The van der Waals surface area contributed by atoms with E-state index in [4.69, 9.17) is 20.2 Å². The van der Waals surface area contributed by atoms with Crippen LogP contribution in [-0.2, 0) is 13.1 Å². The minimum atomic E-state index is -0.203. The molecule has 0 atom stereocenters. The zero-order valence-electron chi connectivity index (χ0n) is 27.6. The molecule has 0 aliphatic rings. The molecule has 4 N–H and O–H groups in total. The van der Waals surface area contributed by atoms with Crippen LogP contribution in [-0.4, -0.2) is 35.9 Å². The predicted molar refractivity (Wildman–Crippen MR) is 196 cm³/mol. The van der Waals surface area contributed by atoms with E-state index in [0.717, 1.165) is 16.8 Å². The first-order chi connectivity index (χ1) is 23.9. The molecular formula is C42H40N2O5. The number of hydrogen-bond donors (Lipinski definition) is 3. The van der Waals surface area contributed by atoms with E-state index in [-0.39, 0.29) is 22.8 Å². The first-order valence-corrected chi connectivity index (χ1v) is 15.7. The van der Waals surface area contributed by atoms with Crippen molar-refractivity contribution in [3.05, 3.63) is 191 Å². The summed E-state index contributed by atoms with van der Waals surface area (Å²) in [7, 11) is 3.09. The van der Waals surface area contributed by atoms with Crippen LogP contribution in [0.25, 0.3) is 0 Å². The lowest BCUT2D eigenvalue weighted by Crippen LogP contribution is -2.05. The number of carbonyl (C=O) groups excluding carboxylic acids is 1. The van der Waals surface area contributed by atoms with Crippen LogP contribution in [0.5, 0.6) is 23.0 Å². The molecule has 7 heteroatoms. The molecule has 6 aromatic carbocycles. The number of rotatable bonds is 9. The van der Waals surface area contributed by atoms with Gasteiger partial charge in [0.15, 0.2) is 5.78 Å². The van der Waals surface area contributed by atoms with Gasteiger partial charge in [0.2, 0.25) is 0 Å². The monoisotopic (exact) mass is 652 g/mol. The molecule has 0 amide bonds. The van der Waals surface area contributed by atoms with E-state index in [1.165, 1.54) is 18.7 Å². The number of methoxy groups -OCH3 is 2. The van der Waals surface area contributed by atoms with Gasteiger partial charge < -0.3 is 25.4 Å². The minimum absolute atomic E-state index is 0.0711. The van der Waals surface area contributed by atoms with Crippen molar-refractivity contribution in [3.63, 3.8) is 0 Å². The third-order valence-electron chi connectivity index (χ3n) is 7.33. The fourth-order valence-electron chi connectivity index (χ4n) is 4.71. The molecule has 6 aromatic rings. The molecule has 0 bridgehead atoms. The highest BCUT2D eigenvalue weighted by Gasteiger charge is 2.14. The number of nitrogens with zero attached hydrogens (tertiary/aromatic N) is 1. The standard InChI is InChI=1S/C21H19NO2.C14H12O3.C7H9N/c1-24-18-12-13-19(20(23)14-18)21(17-10-6-3-7-11-17)22-15-16-8-4-2-5-9-16;1-17-11-7-8-12(13(15)9-11)14(16)10-5-3-2-4-6-10;8-6-7-4-2-1-3-5-7/h2-14,23H,15H2,1H3;2-9,15H,1H3;1-5H,6,8H2. The Morgan fingerprint density at radius 1 is 0.571 bits per heavy atom. The Morgan fingerprint density at radius 3 is 1.43 bits per heavy atom. The van der Waals surface area contributed by atoms with Gasteiger partial charge in [0.1, 0.15) is 23.0 Å². The Labute approximate surface area is 287 Å². The van der Waals surface area contributed by atoms with Crippen molar-refractivity contribution >= 4 is 11.5 Å². The van der Waals surface area contributed by atoms with E-state index in [1.54, 1.807) is 49.6 Å². The number of ketones is 1. The number of phenolic OH excluding ortho intramolecular Hbond substituents is 2. The van der Waals surface area contributed by atoms with Gasteiger partial charge in [-0.05, 0) is 35.4 Å². The van der Waals surface area contributed by atoms with Gasteiger partial charge in [0.25, 0.3) is 0 Å². The number of aliphatic imine (C=N–C) groups is 1. The molecule has 0 saturated carbocycles. The number of nitrogens with two attached hydrogens (primary N) is 1. The van der Waals surface area contributed by atoms with Gasteiger partial charge in [0.05, 0.1) is 32.0 Å². The molecule has 248 valence electrons. The second kappa shape index (κ2) is 18.8. The van der Waals surface area contributed by atoms with Gasteiger partial charge in [-0.2, -0.15) is 0 Å². The van der Waals surface area contributed by atoms with Crippen LogP contribution >= 0.6 is 0 Å². The van der Waals surface area contributed by atoms with E-state index >= 15 is 0 Å². The first-order valence-electron chi connectivity index (χ1n) is 15.7. The summed E-state index contributed by atoms with van der Waals surface area (Å²) in [5.41, 5.74) is 10.9. The number of phenols is 2. The van der Waals surface area contributed by atoms with Crippen molar-refractivity contribution < 1.29 is 24.5 Å². The summed E-state index contributed by atoms with van der Waals surface area (Å²) in [5, 5.41) is 20.1. The smallest absolute Gasteiger partial charge is 0.196 e. The summed E-state index contributed by atoms with van der Waals surface area (Å²) < 4.78 is 10.1. The molecule has 0 aliphatic carbocycles. The van der Waals surface area contributed by atoms with Crippen LogP contribution in [0.1, 0.15) is 38.2 Å². The first kappa shape index (κ1) is 35.7. The van der Waals surface area contributed by atoms with E-state index in [1.807, 2.05) is 109 Å². The van der Waals surface area contributed by atoms with E-state index < -0.39 is 0 Å². The van der Waals surface area contributed by atoms with Crippen molar-refractivity contribution in [1.82, 2.24) is 0 Å². The average molecular weight is 653 g/mol.